The summed E-state index contributed by atoms with van der Waals surface area (Å²) < 4.78 is 47.2. The molecule has 0 radical (unpaired) electrons. The smallest absolute Gasteiger partial charge is 0.0640 e. The Balaban J connectivity index is 1.08. The normalized spacial score (nSPS) is 12.9. The van der Waals surface area contributed by atoms with Crippen molar-refractivity contribution in [3.05, 3.63) is 200 Å². The van der Waals surface area contributed by atoms with Crippen LogP contribution in [0.2, 0.25) is 0 Å². The second kappa shape index (κ2) is 13.1. The van der Waals surface area contributed by atoms with Crippen molar-refractivity contribution in [3.63, 3.8) is 0 Å². The predicted molar refractivity (Wildman–Crippen MR) is 241 cm³/mol. The molecule has 11 aromatic rings. The van der Waals surface area contributed by atoms with Gasteiger partial charge < -0.3 is 4.90 Å². The maximum Gasteiger partial charge on any atom is 0.0640 e. The Bertz CT molecular complexity index is 3470. The van der Waals surface area contributed by atoms with Gasteiger partial charge in [-0.25, -0.2) is 0 Å². The van der Waals surface area contributed by atoms with Gasteiger partial charge in [-0.3, -0.25) is 0 Å². The maximum absolute atomic E-state index is 8.70. The molecule has 0 N–H and O–H groups in total. The first-order valence-corrected chi connectivity index (χ1v) is 19.9. The van der Waals surface area contributed by atoms with Crippen LogP contribution in [0.1, 0.15) is 6.85 Å². The van der Waals surface area contributed by atoms with E-state index in [2.05, 4.69) is 138 Å². The molecule has 0 fully saturated rings. The molecule has 0 saturated carbocycles. The molecule has 0 unspecified atom stereocenters. The average molecular weight is 741 g/mol. The van der Waals surface area contributed by atoms with Crippen LogP contribution in [-0.2, 0) is 0 Å². The average Bonchev–Trinajstić information content (AvgIpc) is 3.87. The van der Waals surface area contributed by atoms with Gasteiger partial charge >= 0.3 is 0 Å². The number of fused-ring (bicyclic) bond motifs is 7. The summed E-state index contributed by atoms with van der Waals surface area (Å²) in [5, 5.41) is 6.74. The lowest BCUT2D eigenvalue weighted by Gasteiger charge is -2.26. The van der Waals surface area contributed by atoms with Crippen LogP contribution in [-0.4, -0.2) is 0 Å². The van der Waals surface area contributed by atoms with Gasteiger partial charge in [0.25, 0.3) is 0 Å². The van der Waals surface area contributed by atoms with Gasteiger partial charge in [-0.1, -0.05) is 164 Å². The highest BCUT2D eigenvalue weighted by molar-refractivity contribution is 7.27. The number of hydrogen-bond acceptors (Lipinski definition) is 3. The molecule has 0 atom stereocenters. The standard InChI is InChI=1S/C52H33NS2/c1-3-13-34(14-4-1)39-31-32-40(43-18-8-7-17-42(39)43)36-25-27-37(28-26-36)53(38-29-30-45-44-19-9-10-24-49(44)54-50(45)33-38)48-23-12-22-47-46-21-11-20-41(51(46)55-52(47)48)35-15-5-2-6-16-35/h1-33H/i1D,3D,4D,13D,14D. The van der Waals surface area contributed by atoms with Crippen molar-refractivity contribution in [2.45, 2.75) is 0 Å². The van der Waals surface area contributed by atoms with Gasteiger partial charge in [-0.15, -0.1) is 22.7 Å². The lowest BCUT2D eigenvalue weighted by atomic mass is 9.92. The lowest BCUT2D eigenvalue weighted by molar-refractivity contribution is 1.31. The van der Waals surface area contributed by atoms with E-state index in [9.17, 15) is 0 Å². The Morgan fingerprint density at radius 1 is 0.364 bits per heavy atom. The molecule has 3 heteroatoms. The second-order valence-corrected chi connectivity index (χ2v) is 15.8. The SMILES string of the molecule is [2H]c1c([2H])c([2H])c(-c2ccc(-c3ccc(N(c4ccc5c(c4)sc4ccccc45)c4cccc5c4sc4c(-c6ccccc6)cccc45)cc3)c3ccccc23)c([2H])c1[2H]. The number of thiophene rings is 2. The van der Waals surface area contributed by atoms with Gasteiger partial charge in [0.05, 0.1) is 17.2 Å². The Kier molecular flexibility index (Phi) is 6.46. The van der Waals surface area contributed by atoms with E-state index in [4.69, 9.17) is 6.85 Å². The highest BCUT2D eigenvalue weighted by Crippen LogP contribution is 2.48. The molecule has 1 nitrogen and oxygen atoms in total. The van der Waals surface area contributed by atoms with Crippen molar-refractivity contribution in [2.75, 3.05) is 4.90 Å². The topological polar surface area (TPSA) is 3.24 Å². The van der Waals surface area contributed by atoms with Gasteiger partial charge in [-0.2, -0.15) is 0 Å². The monoisotopic (exact) mass is 740 g/mol. The fourth-order valence-corrected chi connectivity index (χ4v) is 10.5. The van der Waals surface area contributed by atoms with E-state index in [0.29, 0.717) is 5.56 Å². The van der Waals surface area contributed by atoms with Crippen molar-refractivity contribution >= 4 is 90.9 Å². The van der Waals surface area contributed by atoms with Crippen LogP contribution in [0.3, 0.4) is 0 Å². The second-order valence-electron chi connectivity index (χ2n) is 13.7. The number of benzene rings is 9. The third-order valence-electron chi connectivity index (χ3n) is 10.6. The first-order chi connectivity index (χ1) is 29.4. The maximum atomic E-state index is 8.70. The predicted octanol–water partition coefficient (Wildman–Crippen LogP) is 16.0. The highest BCUT2D eigenvalue weighted by Gasteiger charge is 2.21. The summed E-state index contributed by atoms with van der Waals surface area (Å²) in [5.41, 5.74) is 8.45. The van der Waals surface area contributed by atoms with Crippen molar-refractivity contribution < 1.29 is 6.85 Å². The number of anilines is 3. The summed E-state index contributed by atoms with van der Waals surface area (Å²) in [7, 11) is 0. The minimum Gasteiger partial charge on any atom is -0.309 e. The van der Waals surface area contributed by atoms with Crippen LogP contribution < -0.4 is 4.90 Å². The lowest BCUT2D eigenvalue weighted by Crippen LogP contribution is -2.10. The molecular weight excluding hydrogens is 703 g/mol. The van der Waals surface area contributed by atoms with Crippen molar-refractivity contribution in [2.24, 2.45) is 0 Å². The summed E-state index contributed by atoms with van der Waals surface area (Å²) in [6.07, 6.45) is 0. The largest absolute Gasteiger partial charge is 0.309 e. The molecular formula is C52H33NS2. The van der Waals surface area contributed by atoms with E-state index >= 15 is 0 Å². The molecule has 258 valence electrons. The first kappa shape index (κ1) is 27.1. The molecule has 9 aromatic carbocycles. The zero-order valence-corrected chi connectivity index (χ0v) is 31.1. The van der Waals surface area contributed by atoms with Gasteiger partial charge in [0.1, 0.15) is 0 Å². The van der Waals surface area contributed by atoms with Crippen molar-refractivity contribution in [1.29, 1.82) is 0 Å². The number of nitrogens with zero attached hydrogens (tertiary/aromatic N) is 1. The zero-order chi connectivity index (χ0) is 40.6. The van der Waals surface area contributed by atoms with Crippen LogP contribution in [0, 0.1) is 0 Å². The first-order valence-electron chi connectivity index (χ1n) is 20.8. The molecule has 0 aliphatic carbocycles. The number of rotatable bonds is 6. The molecule has 0 amide bonds. The Morgan fingerprint density at radius 3 is 1.75 bits per heavy atom. The van der Waals surface area contributed by atoms with Crippen molar-refractivity contribution in [3.8, 4) is 33.4 Å². The van der Waals surface area contributed by atoms with Crippen LogP contribution >= 0.6 is 22.7 Å². The molecule has 2 aromatic heterocycles. The fraction of sp³-hybridized carbons (Fsp3) is 0. The van der Waals surface area contributed by atoms with Gasteiger partial charge in [0.15, 0.2) is 0 Å². The van der Waals surface area contributed by atoms with Crippen molar-refractivity contribution in [1.82, 2.24) is 0 Å². The van der Waals surface area contributed by atoms with E-state index in [1.807, 2.05) is 59.1 Å². The van der Waals surface area contributed by atoms with Gasteiger partial charge in [-0.05, 0) is 80.6 Å². The van der Waals surface area contributed by atoms with Crippen LogP contribution in [0.5, 0.6) is 0 Å². The molecule has 2 heterocycles. The molecule has 0 bridgehead atoms. The third-order valence-corrected chi connectivity index (χ3v) is 13.0. The van der Waals surface area contributed by atoms with Crippen LogP contribution in [0.4, 0.5) is 17.1 Å². The molecule has 11 rings (SSSR count). The minimum atomic E-state index is -0.395. The summed E-state index contributed by atoms with van der Waals surface area (Å²) in [6.45, 7) is 0. The molecule has 0 aliphatic heterocycles. The van der Waals surface area contributed by atoms with Gasteiger partial charge in [0.2, 0.25) is 0 Å². The zero-order valence-electron chi connectivity index (χ0n) is 34.4. The van der Waals surface area contributed by atoms with Crippen LogP contribution in [0.25, 0.3) is 84.5 Å². The summed E-state index contributed by atoms with van der Waals surface area (Å²) in [4.78, 5) is 2.38. The van der Waals surface area contributed by atoms with Crippen LogP contribution in [0.15, 0.2) is 200 Å². The summed E-state index contributed by atoms with van der Waals surface area (Å²) >= 11 is 3.66. The number of hydrogen-bond donors (Lipinski definition) is 0. The van der Waals surface area contributed by atoms with Gasteiger partial charge in [0, 0.05) is 47.0 Å². The Labute approximate surface area is 334 Å². The van der Waals surface area contributed by atoms with E-state index < -0.39 is 6.04 Å². The molecule has 55 heavy (non-hydrogen) atoms. The fourth-order valence-electron chi connectivity index (χ4n) is 8.05. The highest BCUT2D eigenvalue weighted by atomic mass is 32.1. The van der Waals surface area contributed by atoms with E-state index in [-0.39, 0.29) is 29.7 Å². The Morgan fingerprint density at radius 2 is 0.964 bits per heavy atom. The molecule has 0 spiro atoms. The van der Waals surface area contributed by atoms with E-state index in [0.717, 1.165) is 39.0 Å². The third kappa shape index (κ3) is 5.35. The Hall–Kier alpha value is -6.52. The summed E-state index contributed by atoms with van der Waals surface area (Å²) in [5.74, 6) is 0. The summed E-state index contributed by atoms with van der Waals surface area (Å²) in [6, 6.07) is 58.3. The van der Waals surface area contributed by atoms with E-state index in [1.165, 1.54) is 51.5 Å². The van der Waals surface area contributed by atoms with E-state index in [1.54, 1.807) is 0 Å². The molecule has 0 aliphatic rings. The quantitative estimate of drug-likeness (QED) is 0.164. The molecule has 0 saturated heterocycles. The minimum absolute atomic E-state index is 0.205.